The van der Waals surface area contributed by atoms with Crippen LogP contribution in [0.25, 0.3) is 0 Å². The molecule has 0 fully saturated rings. The van der Waals surface area contributed by atoms with E-state index in [1.165, 1.54) is 61.4 Å². The third-order valence-electron chi connectivity index (χ3n) is 1.72. The molecule has 0 radical (unpaired) electrons. The zero-order valence-corrected chi connectivity index (χ0v) is 15.0. The van der Waals surface area contributed by atoms with Crippen LogP contribution in [0.4, 0.5) is 0 Å². The van der Waals surface area contributed by atoms with Crippen LogP contribution in [0.3, 0.4) is 0 Å². The Morgan fingerprint density at radius 1 is 0.917 bits per heavy atom. The molecule has 1 rings (SSSR count). The van der Waals surface area contributed by atoms with Crippen molar-refractivity contribution in [3.05, 3.63) is 35.4 Å². The molecule has 0 saturated heterocycles. The van der Waals surface area contributed by atoms with Crippen molar-refractivity contribution >= 4 is 71.8 Å². The summed E-state index contributed by atoms with van der Waals surface area (Å²) in [5.41, 5.74) is 3.29. The Labute approximate surface area is 115 Å². The van der Waals surface area contributed by atoms with Gasteiger partial charge < -0.3 is 0 Å². The molecule has 0 atom stereocenters. The van der Waals surface area contributed by atoms with E-state index in [-0.39, 0.29) is 0 Å². The van der Waals surface area contributed by atoms with Gasteiger partial charge in [0.05, 0.1) is 0 Å². The van der Waals surface area contributed by atoms with Gasteiger partial charge in [-0.2, -0.15) is 0 Å². The molecule has 0 aliphatic carbocycles. The molecule has 54 valence electrons. The molecule has 4 heteroatoms. The van der Waals surface area contributed by atoms with E-state index in [2.05, 4.69) is 24.3 Å². The molecule has 0 aromatic heterocycles. The van der Waals surface area contributed by atoms with Crippen LogP contribution in [-0.4, -0.2) is 71.8 Å². The van der Waals surface area contributed by atoms with Crippen LogP contribution in [0, 0.1) is 0 Å². The van der Waals surface area contributed by atoms with Crippen molar-refractivity contribution < 1.29 is 0 Å². The summed E-state index contributed by atoms with van der Waals surface area (Å²) < 4.78 is 0. The Morgan fingerprint density at radius 2 is 1.33 bits per heavy atom. The first-order valence-electron chi connectivity index (χ1n) is 3.93. The zero-order valence-electron chi connectivity index (χ0n) is 7.54. The van der Waals surface area contributed by atoms with Crippen LogP contribution in [0.5, 0.6) is 0 Å². The van der Waals surface area contributed by atoms with Gasteiger partial charge >= 0.3 is 118 Å². The molecule has 0 unspecified atom stereocenters. The first-order valence-corrected chi connectivity index (χ1v) is 18.3. The second-order valence-corrected chi connectivity index (χ2v) is 12.3. The van der Waals surface area contributed by atoms with E-state index in [0.29, 0.717) is 0 Å². The summed E-state index contributed by atoms with van der Waals surface area (Å²) in [4.78, 5) is 0. The van der Waals surface area contributed by atoms with E-state index in [9.17, 15) is 0 Å². The molecule has 0 nitrogen and oxygen atoms in total. The fourth-order valence-electron chi connectivity index (χ4n) is 1.15. The predicted octanol–water partition coefficient (Wildman–Crippen LogP) is 0.262. The Balaban J connectivity index is 2.77. The van der Waals surface area contributed by atoms with Crippen LogP contribution in [0.2, 0.25) is 0 Å². The van der Waals surface area contributed by atoms with Gasteiger partial charge in [-0.1, -0.05) is 0 Å². The van der Waals surface area contributed by atoms with Crippen molar-refractivity contribution in [3.8, 4) is 0 Å². The molecule has 0 heterocycles. The van der Waals surface area contributed by atoms with Gasteiger partial charge in [-0.05, 0) is 0 Å². The van der Waals surface area contributed by atoms with Crippen LogP contribution in [0.1, 0.15) is 11.1 Å². The number of rotatable bonds is 4. The third kappa shape index (κ3) is 4.19. The average Bonchev–Trinajstić information content (AvgIpc) is 2.09. The van der Waals surface area contributed by atoms with Gasteiger partial charge in [0.1, 0.15) is 0 Å². The maximum atomic E-state index is 2.32. The molecule has 0 saturated carbocycles. The summed E-state index contributed by atoms with van der Waals surface area (Å²) in [6.07, 6.45) is 0. The van der Waals surface area contributed by atoms with E-state index in [1.54, 1.807) is 11.1 Å². The zero-order chi connectivity index (χ0) is 8.81. The Morgan fingerprint density at radius 3 is 1.67 bits per heavy atom. The summed E-state index contributed by atoms with van der Waals surface area (Å²) in [6, 6.07) is 9.02. The summed E-state index contributed by atoms with van der Waals surface area (Å²) >= 11 is 2.80. The molecule has 0 bridgehead atoms. The summed E-state index contributed by atoms with van der Waals surface area (Å²) in [5.74, 6) is 0. The monoisotopic (exact) mass is 310 g/mol. The van der Waals surface area contributed by atoms with E-state index in [4.69, 9.17) is 0 Å². The summed E-state index contributed by atoms with van der Waals surface area (Å²) in [5, 5.41) is 2.76. The van der Waals surface area contributed by atoms with Gasteiger partial charge in [-0.3, -0.25) is 0 Å². The van der Waals surface area contributed by atoms with Gasteiger partial charge in [0.25, 0.3) is 0 Å². The molecule has 0 aliphatic heterocycles. The average molecular weight is 308 g/mol. The topological polar surface area (TPSA) is 0 Å². The van der Waals surface area contributed by atoms with Gasteiger partial charge in [0.2, 0.25) is 0 Å². The van der Waals surface area contributed by atoms with Crippen molar-refractivity contribution in [3.63, 3.8) is 0 Å². The normalized spacial score (nSPS) is 10.3. The minimum absolute atomic E-state index is 0.925. The molecule has 0 aliphatic rings. The van der Waals surface area contributed by atoms with Crippen molar-refractivity contribution in [2.75, 3.05) is 0 Å². The molecule has 12 heavy (non-hydrogen) atoms. The molecule has 0 N–H and O–H groups in total. The molecule has 0 amide bonds. The van der Waals surface area contributed by atoms with Gasteiger partial charge in [0, 0.05) is 0 Å². The Kier molecular flexibility index (Phi) is 7.74. The predicted molar refractivity (Wildman–Crippen MR) is 56.9 cm³/mol. The van der Waals surface area contributed by atoms with Crippen LogP contribution >= 0.6 is 0 Å². The Bertz CT molecular complexity index is 215. The molecular formula is C8H8Na2Se2. The van der Waals surface area contributed by atoms with E-state index >= 15 is 0 Å². The van der Waals surface area contributed by atoms with Crippen molar-refractivity contribution in [1.82, 2.24) is 0 Å². The fraction of sp³-hybridized carbons (Fsp3) is 0.250. The number of hydrogen-bond acceptors (Lipinski definition) is 0. The van der Waals surface area contributed by atoms with Crippen LogP contribution in [0.15, 0.2) is 24.3 Å². The second kappa shape index (κ2) is 7.54. The first-order chi connectivity index (χ1) is 5.88. The minimum atomic E-state index is 0.925. The van der Waals surface area contributed by atoms with E-state index in [1.807, 2.05) is 0 Å². The molecule has 1 aromatic carbocycles. The fourth-order valence-corrected chi connectivity index (χ4v) is 6.87. The quantitative estimate of drug-likeness (QED) is 0.700. The standard InChI is InChI=1S/C8H10Se2.2Na/c9-5-7-3-1-2-4-8(7)6-10;;/h1-4,9-10H,5-6H2;;/q;2*+1/p-2. The Hall–Kier alpha value is 2.26. The second-order valence-electron chi connectivity index (χ2n) is 2.63. The number of benzene rings is 1. The van der Waals surface area contributed by atoms with Gasteiger partial charge in [-0.25, -0.2) is 0 Å². The van der Waals surface area contributed by atoms with Crippen LogP contribution in [-0.2, 0) is 10.6 Å². The number of hydrogen-bond donors (Lipinski definition) is 0. The van der Waals surface area contributed by atoms with Crippen LogP contribution < -0.4 is 0 Å². The molecular weight excluding hydrogens is 300 g/mol. The third-order valence-corrected chi connectivity index (χ3v) is 7.23. The van der Waals surface area contributed by atoms with Crippen molar-refractivity contribution in [2.45, 2.75) is 10.6 Å². The SMILES string of the molecule is [Na][Se]Cc1ccccc1C[Se][Na]. The van der Waals surface area contributed by atoms with E-state index in [0.717, 1.165) is 21.0 Å². The van der Waals surface area contributed by atoms with Gasteiger partial charge in [-0.15, -0.1) is 0 Å². The summed E-state index contributed by atoms with van der Waals surface area (Å²) in [7, 11) is 1.85. The van der Waals surface area contributed by atoms with Gasteiger partial charge in [0.15, 0.2) is 0 Å². The molecule has 0 spiro atoms. The van der Waals surface area contributed by atoms with Crippen molar-refractivity contribution in [2.24, 2.45) is 0 Å². The van der Waals surface area contributed by atoms with Crippen molar-refractivity contribution in [1.29, 1.82) is 0 Å². The first kappa shape index (κ1) is 12.3. The maximum absolute atomic E-state index is 2.32. The molecule has 1 aromatic rings. The summed E-state index contributed by atoms with van der Waals surface area (Å²) in [6.45, 7) is 0. The van der Waals surface area contributed by atoms with E-state index < -0.39 is 0 Å².